The summed E-state index contributed by atoms with van der Waals surface area (Å²) in [6.45, 7) is 1.92. The Bertz CT molecular complexity index is 231. The first-order chi connectivity index (χ1) is 5.61. The third kappa shape index (κ3) is 1.38. The Balaban J connectivity index is 2.96. The molecule has 0 saturated carbocycles. The lowest BCUT2D eigenvalue weighted by Crippen LogP contribution is -2.40. The molecule has 68 valence electrons. The van der Waals surface area contributed by atoms with Crippen LogP contribution < -0.4 is 0 Å². The Hall–Kier alpha value is -0.800. The van der Waals surface area contributed by atoms with Crippen LogP contribution in [-0.4, -0.2) is 24.1 Å². The highest BCUT2D eigenvalue weighted by molar-refractivity contribution is 5.07. The largest absolute Gasteiger partial charge is 0.465 e. The summed E-state index contributed by atoms with van der Waals surface area (Å²) in [4.78, 5) is 1.74. The molecule has 1 unspecified atom stereocenters. The fraction of sp³-hybridized carbons (Fsp3) is 0.556. The maximum atomic E-state index is 10.1. The lowest BCUT2D eigenvalue weighted by Gasteiger charge is -2.31. The van der Waals surface area contributed by atoms with E-state index in [0.29, 0.717) is 12.2 Å². The second-order valence-corrected chi connectivity index (χ2v) is 3.04. The van der Waals surface area contributed by atoms with Gasteiger partial charge in [0.2, 0.25) is 0 Å². The molecule has 0 bridgehead atoms. The van der Waals surface area contributed by atoms with Crippen LogP contribution in [-0.2, 0) is 5.72 Å². The van der Waals surface area contributed by atoms with Crippen molar-refractivity contribution >= 4 is 0 Å². The van der Waals surface area contributed by atoms with E-state index in [1.807, 2.05) is 21.0 Å². The molecule has 0 spiro atoms. The molecule has 1 aromatic heterocycles. The summed E-state index contributed by atoms with van der Waals surface area (Å²) >= 11 is 0. The zero-order valence-electron chi connectivity index (χ0n) is 7.74. The van der Waals surface area contributed by atoms with Crippen molar-refractivity contribution in [3.05, 3.63) is 24.2 Å². The van der Waals surface area contributed by atoms with E-state index in [0.717, 1.165) is 0 Å². The summed E-state index contributed by atoms with van der Waals surface area (Å²) < 4.78 is 5.16. The van der Waals surface area contributed by atoms with Crippen LogP contribution in [0.2, 0.25) is 0 Å². The van der Waals surface area contributed by atoms with E-state index in [2.05, 4.69) is 0 Å². The van der Waals surface area contributed by atoms with Gasteiger partial charge in [-0.15, -0.1) is 0 Å². The minimum absolute atomic E-state index is 0.593. The van der Waals surface area contributed by atoms with Gasteiger partial charge in [-0.1, -0.05) is 6.92 Å². The third-order valence-electron chi connectivity index (χ3n) is 2.15. The van der Waals surface area contributed by atoms with Crippen LogP contribution in [0.4, 0.5) is 0 Å². The first-order valence-electron chi connectivity index (χ1n) is 4.05. The predicted molar refractivity (Wildman–Crippen MR) is 46.6 cm³/mol. The minimum Gasteiger partial charge on any atom is -0.465 e. The van der Waals surface area contributed by atoms with Gasteiger partial charge in [0.1, 0.15) is 0 Å². The van der Waals surface area contributed by atoms with Crippen molar-refractivity contribution < 1.29 is 9.52 Å². The Morgan fingerprint density at radius 1 is 1.58 bits per heavy atom. The van der Waals surface area contributed by atoms with Crippen molar-refractivity contribution in [1.29, 1.82) is 0 Å². The topological polar surface area (TPSA) is 36.6 Å². The van der Waals surface area contributed by atoms with Gasteiger partial charge < -0.3 is 9.52 Å². The smallest absolute Gasteiger partial charge is 0.176 e. The Morgan fingerprint density at radius 3 is 2.58 bits per heavy atom. The highest BCUT2D eigenvalue weighted by Crippen LogP contribution is 2.26. The van der Waals surface area contributed by atoms with E-state index >= 15 is 0 Å². The van der Waals surface area contributed by atoms with Crippen LogP contribution in [0.1, 0.15) is 19.1 Å². The van der Waals surface area contributed by atoms with Gasteiger partial charge in [0.25, 0.3) is 0 Å². The third-order valence-corrected chi connectivity index (χ3v) is 2.15. The summed E-state index contributed by atoms with van der Waals surface area (Å²) in [6.07, 6.45) is 2.17. The van der Waals surface area contributed by atoms with Crippen LogP contribution in [0, 0.1) is 0 Å². The molecule has 0 amide bonds. The van der Waals surface area contributed by atoms with Gasteiger partial charge in [-0.2, -0.15) is 0 Å². The molecule has 0 aliphatic rings. The second-order valence-electron chi connectivity index (χ2n) is 3.04. The molecule has 0 aliphatic heterocycles. The van der Waals surface area contributed by atoms with Crippen molar-refractivity contribution in [2.75, 3.05) is 14.1 Å². The van der Waals surface area contributed by atoms with Gasteiger partial charge >= 0.3 is 0 Å². The standard InChI is InChI=1S/C9H15NO2/c1-4-9(11,10(2)3)8-6-5-7-12-8/h5-7,11H,4H2,1-3H3. The van der Waals surface area contributed by atoms with Crippen LogP contribution >= 0.6 is 0 Å². The second kappa shape index (κ2) is 3.29. The van der Waals surface area contributed by atoms with Gasteiger partial charge in [-0.05, 0) is 32.6 Å². The van der Waals surface area contributed by atoms with E-state index in [-0.39, 0.29) is 0 Å². The molecule has 1 aromatic rings. The molecule has 3 heteroatoms. The van der Waals surface area contributed by atoms with Gasteiger partial charge in [0, 0.05) is 0 Å². The summed E-state index contributed by atoms with van der Waals surface area (Å²) in [5, 5.41) is 10.1. The average Bonchev–Trinajstić information content (AvgIpc) is 2.54. The van der Waals surface area contributed by atoms with E-state index in [9.17, 15) is 5.11 Å². The van der Waals surface area contributed by atoms with E-state index in [4.69, 9.17) is 4.42 Å². The highest BCUT2D eigenvalue weighted by Gasteiger charge is 2.32. The lowest BCUT2D eigenvalue weighted by molar-refractivity contribution is -0.108. The maximum Gasteiger partial charge on any atom is 0.176 e. The molecule has 3 nitrogen and oxygen atoms in total. The van der Waals surface area contributed by atoms with Crippen LogP contribution in [0.25, 0.3) is 0 Å². The van der Waals surface area contributed by atoms with Gasteiger partial charge in [-0.25, -0.2) is 0 Å². The first-order valence-corrected chi connectivity index (χ1v) is 4.05. The summed E-state index contributed by atoms with van der Waals surface area (Å²) in [6, 6.07) is 3.56. The molecule has 0 aliphatic carbocycles. The first kappa shape index (κ1) is 9.29. The number of nitrogens with zero attached hydrogens (tertiary/aromatic N) is 1. The zero-order valence-corrected chi connectivity index (χ0v) is 7.74. The van der Waals surface area contributed by atoms with E-state index in [1.165, 1.54) is 0 Å². The van der Waals surface area contributed by atoms with Crippen molar-refractivity contribution in [3.63, 3.8) is 0 Å². The van der Waals surface area contributed by atoms with Crippen molar-refractivity contribution in [1.82, 2.24) is 4.90 Å². The molecular formula is C9H15NO2. The van der Waals surface area contributed by atoms with Crippen LogP contribution in [0.15, 0.2) is 22.8 Å². The summed E-state index contributed by atoms with van der Waals surface area (Å²) in [7, 11) is 3.65. The monoisotopic (exact) mass is 169 g/mol. The molecule has 12 heavy (non-hydrogen) atoms. The van der Waals surface area contributed by atoms with E-state index < -0.39 is 5.72 Å². The molecule has 1 rings (SSSR count). The zero-order chi connectivity index (χ0) is 9.19. The van der Waals surface area contributed by atoms with Gasteiger partial charge in [-0.3, -0.25) is 4.90 Å². The Kier molecular flexibility index (Phi) is 2.55. The fourth-order valence-corrected chi connectivity index (χ4v) is 1.22. The van der Waals surface area contributed by atoms with Crippen LogP contribution in [0.5, 0.6) is 0 Å². The quantitative estimate of drug-likeness (QED) is 0.695. The predicted octanol–water partition coefficient (Wildman–Crippen LogP) is 1.40. The molecular weight excluding hydrogens is 154 g/mol. The van der Waals surface area contributed by atoms with Gasteiger partial charge in [0.15, 0.2) is 11.5 Å². The normalized spacial score (nSPS) is 16.4. The average molecular weight is 169 g/mol. The SMILES string of the molecule is CCC(O)(c1ccco1)N(C)C. The molecule has 0 saturated heterocycles. The molecule has 0 aromatic carbocycles. The number of rotatable bonds is 3. The molecule has 0 fully saturated rings. The maximum absolute atomic E-state index is 10.1. The van der Waals surface area contributed by atoms with Crippen molar-refractivity contribution in [3.8, 4) is 0 Å². The number of hydrogen-bond acceptors (Lipinski definition) is 3. The lowest BCUT2D eigenvalue weighted by atomic mass is 10.1. The Morgan fingerprint density at radius 2 is 2.25 bits per heavy atom. The molecule has 1 heterocycles. The Labute approximate surface area is 72.6 Å². The summed E-state index contributed by atoms with van der Waals surface area (Å²) in [5.74, 6) is 0.593. The molecule has 1 atom stereocenters. The van der Waals surface area contributed by atoms with E-state index in [1.54, 1.807) is 23.3 Å². The summed E-state index contributed by atoms with van der Waals surface area (Å²) in [5.41, 5.74) is -0.969. The minimum atomic E-state index is -0.969. The van der Waals surface area contributed by atoms with Gasteiger partial charge in [0.05, 0.1) is 6.26 Å². The fourth-order valence-electron chi connectivity index (χ4n) is 1.22. The number of hydrogen-bond donors (Lipinski definition) is 1. The molecule has 1 N–H and O–H groups in total. The van der Waals surface area contributed by atoms with Crippen molar-refractivity contribution in [2.45, 2.75) is 19.1 Å². The van der Waals surface area contributed by atoms with Crippen molar-refractivity contribution in [2.24, 2.45) is 0 Å². The molecule has 0 radical (unpaired) electrons. The number of aliphatic hydroxyl groups is 1. The number of furan rings is 1. The highest BCUT2D eigenvalue weighted by atomic mass is 16.4. The van der Waals surface area contributed by atoms with Crippen LogP contribution in [0.3, 0.4) is 0 Å².